The van der Waals surface area contributed by atoms with E-state index in [0.717, 1.165) is 25.7 Å². The molecule has 5 nitrogen and oxygen atoms in total. The summed E-state index contributed by atoms with van der Waals surface area (Å²) in [6, 6.07) is 0. The van der Waals surface area contributed by atoms with Gasteiger partial charge in [-0.25, -0.2) is 9.78 Å². The van der Waals surface area contributed by atoms with Crippen molar-refractivity contribution < 1.29 is 14.6 Å². The van der Waals surface area contributed by atoms with Crippen LogP contribution < -0.4 is 0 Å². The monoisotopic (exact) mass is 240 g/mol. The van der Waals surface area contributed by atoms with Crippen LogP contribution >= 0.6 is 0 Å². The molecular formula is C12H20N2O3. The van der Waals surface area contributed by atoms with Crippen LogP contribution in [0.1, 0.15) is 43.2 Å². The van der Waals surface area contributed by atoms with E-state index in [4.69, 9.17) is 9.84 Å². The highest BCUT2D eigenvalue weighted by Crippen LogP contribution is 2.10. The van der Waals surface area contributed by atoms with Gasteiger partial charge in [-0.3, -0.25) is 0 Å². The fraction of sp³-hybridized carbons (Fsp3) is 0.667. The first kappa shape index (κ1) is 13.7. The Hall–Kier alpha value is -1.36. The van der Waals surface area contributed by atoms with E-state index in [1.165, 1.54) is 6.20 Å². The third-order valence-corrected chi connectivity index (χ3v) is 2.62. The maximum atomic E-state index is 11.5. The summed E-state index contributed by atoms with van der Waals surface area (Å²) in [5, 5.41) is 9.15. The minimum atomic E-state index is -0.469. The Labute approximate surface area is 101 Å². The van der Waals surface area contributed by atoms with Crippen LogP contribution in [0.3, 0.4) is 0 Å². The molecule has 5 heteroatoms. The minimum Gasteiger partial charge on any atom is -0.459 e. The Morgan fingerprint density at radius 1 is 1.59 bits per heavy atom. The molecule has 0 spiro atoms. The summed E-state index contributed by atoms with van der Waals surface area (Å²) in [4.78, 5) is 17.9. The van der Waals surface area contributed by atoms with Gasteiger partial charge in [-0.05, 0) is 6.42 Å². The number of hydrogen-bond donors (Lipinski definition) is 2. The predicted molar refractivity (Wildman–Crippen MR) is 63.6 cm³/mol. The van der Waals surface area contributed by atoms with Crippen LogP contribution in [-0.4, -0.2) is 34.3 Å². The molecule has 0 saturated heterocycles. The molecule has 0 saturated carbocycles. The normalized spacial score (nSPS) is 12.4. The van der Waals surface area contributed by atoms with E-state index in [9.17, 15) is 4.79 Å². The van der Waals surface area contributed by atoms with Crippen molar-refractivity contribution in [3.8, 4) is 0 Å². The van der Waals surface area contributed by atoms with Crippen molar-refractivity contribution in [1.29, 1.82) is 0 Å². The highest BCUT2D eigenvalue weighted by molar-refractivity contribution is 5.85. The van der Waals surface area contributed by atoms with Crippen molar-refractivity contribution in [3.05, 3.63) is 18.2 Å². The molecule has 0 unspecified atom stereocenters. The minimum absolute atomic E-state index is 0.0282. The second-order valence-electron chi connectivity index (χ2n) is 4.08. The number of unbranched alkanes of at least 4 members (excludes halogenated alkanes) is 2. The maximum absolute atomic E-state index is 11.5. The van der Waals surface area contributed by atoms with E-state index in [-0.39, 0.29) is 25.0 Å². The predicted octanol–water partition coefficient (Wildman–Crippen LogP) is 1.76. The Kier molecular flexibility index (Phi) is 6.32. The summed E-state index contributed by atoms with van der Waals surface area (Å²) in [6.07, 6.45) is 7.30. The molecule has 0 aromatic carbocycles. The molecule has 17 heavy (non-hydrogen) atoms. The molecule has 2 N–H and O–H groups in total. The number of nitrogens with one attached hydrogen (secondary N) is 1. The molecule has 0 radical (unpaired) electrons. The third kappa shape index (κ3) is 4.99. The van der Waals surface area contributed by atoms with Crippen LogP contribution in [0.5, 0.6) is 0 Å². The lowest BCUT2D eigenvalue weighted by Gasteiger charge is -2.13. The summed E-state index contributed by atoms with van der Waals surface area (Å²) < 4.78 is 5.08. The number of aliphatic hydroxyl groups is 1. The Morgan fingerprint density at radius 3 is 3.00 bits per heavy atom. The van der Waals surface area contributed by atoms with Gasteiger partial charge in [0, 0.05) is 24.9 Å². The van der Waals surface area contributed by atoms with Gasteiger partial charge in [0.2, 0.25) is 5.82 Å². The summed E-state index contributed by atoms with van der Waals surface area (Å²) in [5.41, 5.74) is 0. The maximum Gasteiger partial charge on any atom is 0.374 e. The number of aromatic nitrogens is 2. The summed E-state index contributed by atoms with van der Waals surface area (Å²) in [7, 11) is 0. The van der Waals surface area contributed by atoms with Crippen molar-refractivity contribution in [3.63, 3.8) is 0 Å². The highest BCUT2D eigenvalue weighted by Gasteiger charge is 2.13. The van der Waals surface area contributed by atoms with Crippen molar-refractivity contribution in [1.82, 2.24) is 9.97 Å². The first-order valence-electron chi connectivity index (χ1n) is 6.05. The summed E-state index contributed by atoms with van der Waals surface area (Å²) in [6.45, 7) is 2.43. The van der Waals surface area contributed by atoms with Crippen LogP contribution in [0.15, 0.2) is 12.4 Å². The van der Waals surface area contributed by atoms with Crippen LogP contribution in [-0.2, 0) is 4.74 Å². The number of imidazole rings is 1. The molecule has 1 heterocycles. The summed E-state index contributed by atoms with van der Waals surface area (Å²) >= 11 is 0. The van der Waals surface area contributed by atoms with Crippen molar-refractivity contribution in [2.45, 2.75) is 32.6 Å². The number of aliphatic hydroxyl groups excluding tert-OH is 1. The van der Waals surface area contributed by atoms with Crippen molar-refractivity contribution >= 4 is 5.97 Å². The van der Waals surface area contributed by atoms with Gasteiger partial charge in [-0.1, -0.05) is 26.2 Å². The number of ether oxygens (including phenoxy) is 1. The molecule has 0 aliphatic rings. The first-order valence-corrected chi connectivity index (χ1v) is 6.05. The zero-order valence-electron chi connectivity index (χ0n) is 10.2. The number of esters is 1. The second-order valence-corrected chi connectivity index (χ2v) is 4.08. The molecule has 1 aromatic rings. The molecule has 1 rings (SSSR count). The lowest BCUT2D eigenvalue weighted by Crippen LogP contribution is -2.18. The Bertz CT molecular complexity index is 312. The van der Waals surface area contributed by atoms with E-state index in [0.29, 0.717) is 0 Å². The van der Waals surface area contributed by atoms with Gasteiger partial charge in [0.1, 0.15) is 0 Å². The molecule has 0 fully saturated rings. The lowest BCUT2D eigenvalue weighted by atomic mass is 10.0. The number of rotatable bonds is 8. The van der Waals surface area contributed by atoms with Gasteiger partial charge in [0.25, 0.3) is 0 Å². The quantitative estimate of drug-likeness (QED) is 0.536. The largest absolute Gasteiger partial charge is 0.459 e. The van der Waals surface area contributed by atoms with Gasteiger partial charge < -0.3 is 14.8 Å². The van der Waals surface area contributed by atoms with Gasteiger partial charge in [0.15, 0.2) is 0 Å². The lowest BCUT2D eigenvalue weighted by molar-refractivity contribution is 0.0362. The zero-order valence-corrected chi connectivity index (χ0v) is 10.2. The molecule has 96 valence electrons. The van der Waals surface area contributed by atoms with Crippen molar-refractivity contribution in [2.24, 2.45) is 5.92 Å². The number of carbonyl (C=O) groups excluding carboxylic acids is 1. The van der Waals surface area contributed by atoms with Crippen LogP contribution in [0.25, 0.3) is 0 Å². The standard InChI is InChI=1S/C12H20N2O3/c1-2-3-4-5-10(8-15)9-17-12(16)11-13-6-7-14-11/h6-7,10,15H,2-5,8-9H2,1H3,(H,13,14)/t10-/m0/s1. The van der Waals surface area contributed by atoms with E-state index in [1.807, 2.05) is 0 Å². The fourth-order valence-corrected chi connectivity index (χ4v) is 1.55. The van der Waals surface area contributed by atoms with E-state index in [2.05, 4.69) is 16.9 Å². The molecule has 0 aliphatic heterocycles. The molecule has 0 bridgehead atoms. The molecule has 1 atom stereocenters. The van der Waals surface area contributed by atoms with Crippen LogP contribution in [0, 0.1) is 5.92 Å². The topological polar surface area (TPSA) is 75.2 Å². The molecule has 0 aliphatic carbocycles. The average molecular weight is 240 g/mol. The summed E-state index contributed by atoms with van der Waals surface area (Å²) in [5.74, 6) is -0.236. The van der Waals surface area contributed by atoms with E-state index in [1.54, 1.807) is 6.20 Å². The van der Waals surface area contributed by atoms with Gasteiger partial charge in [-0.2, -0.15) is 0 Å². The Balaban J connectivity index is 2.25. The van der Waals surface area contributed by atoms with Gasteiger partial charge in [-0.15, -0.1) is 0 Å². The average Bonchev–Trinajstić information content (AvgIpc) is 2.87. The fourth-order valence-electron chi connectivity index (χ4n) is 1.55. The van der Waals surface area contributed by atoms with Crippen LogP contribution in [0.2, 0.25) is 0 Å². The number of aromatic amines is 1. The molecule has 1 aromatic heterocycles. The Morgan fingerprint density at radius 2 is 2.41 bits per heavy atom. The number of H-pyrrole nitrogens is 1. The number of nitrogens with zero attached hydrogens (tertiary/aromatic N) is 1. The number of carbonyl (C=O) groups is 1. The van der Waals surface area contributed by atoms with Crippen molar-refractivity contribution in [2.75, 3.05) is 13.2 Å². The molecular weight excluding hydrogens is 220 g/mol. The van der Waals surface area contributed by atoms with E-state index < -0.39 is 5.97 Å². The highest BCUT2D eigenvalue weighted by atomic mass is 16.5. The molecule has 0 amide bonds. The number of hydrogen-bond acceptors (Lipinski definition) is 4. The van der Waals surface area contributed by atoms with Gasteiger partial charge in [0.05, 0.1) is 6.61 Å². The first-order chi connectivity index (χ1) is 8.27. The second kappa shape index (κ2) is 7.84. The van der Waals surface area contributed by atoms with Crippen LogP contribution in [0.4, 0.5) is 0 Å². The zero-order chi connectivity index (χ0) is 12.5. The third-order valence-electron chi connectivity index (χ3n) is 2.62. The van der Waals surface area contributed by atoms with Gasteiger partial charge >= 0.3 is 5.97 Å². The SMILES string of the molecule is CCCCC[C@@H](CO)COC(=O)c1ncc[nH]1. The smallest absolute Gasteiger partial charge is 0.374 e. The van der Waals surface area contributed by atoms with E-state index >= 15 is 0 Å².